The van der Waals surface area contributed by atoms with Crippen LogP contribution in [0.5, 0.6) is 0 Å². The number of hydrogen-bond acceptors (Lipinski definition) is 25. The highest BCUT2D eigenvalue weighted by molar-refractivity contribution is 6.01. The number of nitrogen functional groups attached to an aromatic ring is 1. The lowest BCUT2D eigenvalue weighted by Crippen LogP contribution is -2.66. The molecule has 0 radical (unpaired) electrons. The van der Waals surface area contributed by atoms with E-state index in [1.165, 1.54) is 45.9 Å². The van der Waals surface area contributed by atoms with Gasteiger partial charge in [0.2, 0.25) is 11.8 Å². The number of carbonyl (C=O) groups is 10. The van der Waals surface area contributed by atoms with E-state index in [0.717, 1.165) is 27.7 Å². The maximum absolute atomic E-state index is 12.9. The number of nitrogens with two attached hydrogens (primary N) is 1. The third kappa shape index (κ3) is 24.5. The van der Waals surface area contributed by atoms with Crippen LogP contribution in [0.25, 0.3) is 0 Å². The van der Waals surface area contributed by atoms with Crippen molar-refractivity contribution in [3.8, 4) is 0 Å². The highest BCUT2D eigenvalue weighted by atomic mass is 16.7. The third-order valence-corrected chi connectivity index (χ3v) is 10.4. The molecule has 0 bridgehead atoms. The van der Waals surface area contributed by atoms with E-state index in [1.807, 2.05) is 0 Å². The zero-order chi connectivity index (χ0) is 57.0. The fraction of sp³-hybridized carbons (Fsp3) is 0.667. The predicted molar refractivity (Wildman–Crippen MR) is 259 cm³/mol. The number of ether oxygens (including phenoxy) is 14. The number of rotatable bonds is 32. The molecular weight excluding hydrogens is 1030 g/mol. The van der Waals surface area contributed by atoms with Gasteiger partial charge < -0.3 is 93.3 Å². The van der Waals surface area contributed by atoms with Crippen LogP contribution in [0.1, 0.15) is 76.1 Å². The van der Waals surface area contributed by atoms with E-state index in [1.54, 1.807) is 0 Å². The van der Waals surface area contributed by atoms with Crippen LogP contribution in [0.4, 0.5) is 5.69 Å². The van der Waals surface area contributed by atoms with Crippen LogP contribution in [-0.2, 0) is 105 Å². The van der Waals surface area contributed by atoms with E-state index in [9.17, 15) is 47.9 Å². The van der Waals surface area contributed by atoms with Crippen molar-refractivity contribution < 1.29 is 114 Å². The molecule has 2 heterocycles. The average molecular weight is 1100 g/mol. The number of nitrogens with one attached hydrogen (secondary N) is 4. The van der Waals surface area contributed by atoms with Gasteiger partial charge in [0.15, 0.2) is 37.0 Å². The van der Waals surface area contributed by atoms with Crippen LogP contribution in [0.15, 0.2) is 18.2 Å². The normalized spacial score (nSPS) is 22.8. The van der Waals surface area contributed by atoms with Gasteiger partial charge in [-0.1, -0.05) is 0 Å². The first-order valence-corrected chi connectivity index (χ1v) is 24.4. The fourth-order valence-electron chi connectivity index (χ4n) is 7.55. The molecule has 2 saturated heterocycles. The maximum atomic E-state index is 12.9. The molecule has 29 heteroatoms. The van der Waals surface area contributed by atoms with Crippen LogP contribution in [0.3, 0.4) is 0 Å². The summed E-state index contributed by atoms with van der Waals surface area (Å²) < 4.78 is 77.6. The largest absolute Gasteiger partial charge is 0.463 e. The molecular formula is C48H71N5O24. The summed E-state index contributed by atoms with van der Waals surface area (Å²) in [4.78, 5) is 121. The Balaban J connectivity index is 1.35. The molecule has 29 nitrogen and oxygen atoms in total. The number of amides is 4. The minimum atomic E-state index is -1.27. The predicted octanol–water partition coefficient (Wildman–Crippen LogP) is -1.86. The molecule has 0 aromatic heterocycles. The van der Waals surface area contributed by atoms with Crippen molar-refractivity contribution >= 4 is 65.1 Å². The summed E-state index contributed by atoms with van der Waals surface area (Å²) >= 11 is 0. The highest BCUT2D eigenvalue weighted by Crippen LogP contribution is 2.29. The number of benzene rings is 1. The number of anilines is 1. The van der Waals surface area contributed by atoms with E-state index in [0.29, 0.717) is 0 Å². The topological polar surface area (TPSA) is 374 Å². The molecule has 1 aromatic carbocycles. The first-order chi connectivity index (χ1) is 36.6. The van der Waals surface area contributed by atoms with Gasteiger partial charge in [-0.05, 0) is 18.2 Å². The van der Waals surface area contributed by atoms with Crippen LogP contribution < -0.4 is 27.0 Å². The smallest absolute Gasteiger partial charge is 0.303 e. The lowest BCUT2D eigenvalue weighted by Gasteiger charge is -2.44. The molecule has 2 fully saturated rings. The van der Waals surface area contributed by atoms with Gasteiger partial charge in [0.05, 0.1) is 66.1 Å². The Morgan fingerprint density at radius 2 is 0.766 bits per heavy atom. The lowest BCUT2D eigenvalue weighted by atomic mass is 9.96. The molecule has 0 spiro atoms. The van der Waals surface area contributed by atoms with Gasteiger partial charge in [-0.3, -0.25) is 47.9 Å². The molecule has 3 rings (SSSR count). The van der Waals surface area contributed by atoms with E-state index < -0.39 is 121 Å². The Kier molecular flexibility index (Phi) is 28.8. The highest BCUT2D eigenvalue weighted by Gasteiger charge is 2.52. The standard InChI is InChI=1S/C48H71N5O24/c1-26(54)52-39-43(74-32(7)60)41(72-30(5)58)37(24-70-28(3)56)76-47(39)68-19-17-66-15-13-64-11-9-50-45(62)34-21-35(23-36(49)22-34)46(63)51-10-12-65-14-16-67-18-20-69-48-40(53-27(2)55)44(75-33(8)61)42(73-31(6)59)38(77-48)25-71-29(4)57/h21-23,37-44,47-48H,9-20,24-25,49H2,1-8H3,(H,50,62)(H,51,63)(H,52,54)(H,53,55)/t37-,38+,39-,40+,41+,42-,43-,44+,47?,48?. The Morgan fingerprint density at radius 1 is 0.442 bits per heavy atom. The molecule has 2 aliphatic heterocycles. The third-order valence-electron chi connectivity index (χ3n) is 10.4. The van der Waals surface area contributed by atoms with Crippen molar-refractivity contribution in [3.63, 3.8) is 0 Å². The van der Waals surface area contributed by atoms with Crippen LogP contribution in [-0.4, -0.2) is 213 Å². The zero-order valence-corrected chi connectivity index (χ0v) is 44.3. The van der Waals surface area contributed by atoms with Crippen molar-refractivity contribution in [2.45, 2.75) is 117 Å². The van der Waals surface area contributed by atoms with E-state index in [2.05, 4.69) is 21.3 Å². The maximum Gasteiger partial charge on any atom is 0.303 e. The quantitative estimate of drug-likeness (QED) is 0.0229. The Morgan fingerprint density at radius 3 is 1.09 bits per heavy atom. The second-order valence-electron chi connectivity index (χ2n) is 17.0. The van der Waals surface area contributed by atoms with E-state index in [4.69, 9.17) is 72.0 Å². The van der Waals surface area contributed by atoms with E-state index >= 15 is 0 Å². The zero-order valence-electron chi connectivity index (χ0n) is 44.3. The SMILES string of the molecule is CC(=O)N[C@@H]1C(OCCOCCOCCNC(=O)c2cc(N)cc(C(=O)NCCOCCOCCOC3O[C@H](COC(C)=O)[C@H](OC(C)=O)[C@H](OC(C)=O)[C@H]3NC(C)=O)c2)O[C@@H](COC(C)=O)[C@@H](OC(C)=O)[C@H]1OC(C)=O. The molecule has 0 saturated carbocycles. The molecule has 4 amide bonds. The Bertz CT molecular complexity index is 2010. The molecule has 432 valence electrons. The summed E-state index contributed by atoms with van der Waals surface area (Å²) in [6, 6.07) is 1.95. The molecule has 10 atom stereocenters. The van der Waals surface area contributed by atoms with Gasteiger partial charge in [-0.25, -0.2) is 0 Å². The molecule has 77 heavy (non-hydrogen) atoms. The number of esters is 6. The first-order valence-electron chi connectivity index (χ1n) is 24.4. The Hall–Kier alpha value is -6.60. The van der Waals surface area contributed by atoms with Crippen molar-refractivity contribution in [1.82, 2.24) is 21.3 Å². The van der Waals surface area contributed by atoms with Gasteiger partial charge in [0.1, 0.15) is 37.5 Å². The Labute approximate surface area is 443 Å². The number of carbonyl (C=O) groups excluding carboxylic acids is 10. The van der Waals surface area contributed by atoms with Crippen LogP contribution in [0.2, 0.25) is 0 Å². The summed E-state index contributed by atoms with van der Waals surface area (Å²) in [6.07, 6.45) is -9.81. The molecule has 2 aliphatic rings. The van der Waals surface area contributed by atoms with Crippen molar-refractivity contribution in [1.29, 1.82) is 0 Å². The fourth-order valence-corrected chi connectivity index (χ4v) is 7.55. The minimum absolute atomic E-state index is 0.0257. The monoisotopic (exact) mass is 1100 g/mol. The van der Waals surface area contributed by atoms with Gasteiger partial charge in [-0.15, -0.1) is 0 Å². The lowest BCUT2D eigenvalue weighted by molar-refractivity contribution is -0.279. The van der Waals surface area contributed by atoms with Crippen molar-refractivity contribution in [2.24, 2.45) is 0 Å². The summed E-state index contributed by atoms with van der Waals surface area (Å²) in [5, 5.41) is 10.6. The molecule has 0 aliphatic carbocycles. The molecule has 1 aromatic rings. The van der Waals surface area contributed by atoms with Crippen molar-refractivity contribution in [2.75, 3.05) is 98.1 Å². The van der Waals surface area contributed by atoms with Gasteiger partial charge in [0, 0.05) is 85.3 Å². The van der Waals surface area contributed by atoms with Gasteiger partial charge >= 0.3 is 35.8 Å². The van der Waals surface area contributed by atoms with Crippen LogP contribution >= 0.6 is 0 Å². The van der Waals surface area contributed by atoms with Crippen LogP contribution in [0, 0.1) is 0 Å². The summed E-state index contributed by atoms with van der Waals surface area (Å²) in [5.41, 5.74) is 6.45. The number of hydrogen-bond donors (Lipinski definition) is 5. The summed E-state index contributed by atoms with van der Waals surface area (Å²) in [7, 11) is 0. The molecule has 6 N–H and O–H groups in total. The summed E-state index contributed by atoms with van der Waals surface area (Å²) in [5.74, 6) is -6.32. The van der Waals surface area contributed by atoms with Crippen molar-refractivity contribution in [3.05, 3.63) is 29.3 Å². The van der Waals surface area contributed by atoms with E-state index in [-0.39, 0.29) is 109 Å². The van der Waals surface area contributed by atoms with Gasteiger partial charge in [-0.2, -0.15) is 0 Å². The molecule has 2 unspecified atom stereocenters. The average Bonchev–Trinajstić information content (AvgIpc) is 3.34. The van der Waals surface area contributed by atoms with Gasteiger partial charge in [0.25, 0.3) is 11.8 Å². The second kappa shape index (κ2) is 34.2. The summed E-state index contributed by atoms with van der Waals surface area (Å²) in [6.45, 7) is 9.37. The second-order valence-corrected chi connectivity index (χ2v) is 17.0. The first kappa shape index (κ1) is 64.7. The minimum Gasteiger partial charge on any atom is -0.463 e.